The third-order valence-electron chi connectivity index (χ3n) is 8.55. The van der Waals surface area contributed by atoms with E-state index in [0.29, 0.717) is 41.6 Å². The highest BCUT2D eigenvalue weighted by atomic mass is 35.5. The molecule has 13 heteroatoms. The number of fused-ring (bicyclic) bond motifs is 1. The van der Waals surface area contributed by atoms with E-state index in [1.54, 1.807) is 42.5 Å². The molecule has 2 fully saturated rings. The van der Waals surface area contributed by atoms with Crippen LogP contribution in [0.2, 0.25) is 5.02 Å². The van der Waals surface area contributed by atoms with Crippen LogP contribution in [-0.4, -0.2) is 51.4 Å². The molecule has 0 bridgehead atoms. The molecule has 246 valence electrons. The maximum Gasteiger partial charge on any atom is 0.254 e. The highest BCUT2D eigenvalue weighted by molar-refractivity contribution is 6.31. The molecule has 0 aliphatic heterocycles. The number of hydrogen-bond donors (Lipinski definition) is 3. The first-order valence-corrected chi connectivity index (χ1v) is 15.7. The zero-order chi connectivity index (χ0) is 33.7. The van der Waals surface area contributed by atoms with E-state index in [4.69, 9.17) is 16.3 Å². The standard InChI is InChI=1S/C35H29ClF3N5O4/c1-48-28-12-18(11-19-16-44(22-9-10-22)43-31(19)28)33(45)40-17-35(47,20-5-3-2-4-6-20)29-14-24(34(46)41-21-7-8-21)30(39)32(42-29)23-13-25(36)27(38)15-26(23)37/h2-6,11-16,21-22,47H,7-10,17H2,1H3,(H,40,45)(H,41,46)/t35-/m1/s1. The smallest absolute Gasteiger partial charge is 0.254 e. The average molecular weight is 676 g/mol. The van der Waals surface area contributed by atoms with Crippen molar-refractivity contribution in [2.45, 2.75) is 43.4 Å². The van der Waals surface area contributed by atoms with Crippen LogP contribution in [0.3, 0.4) is 0 Å². The molecule has 2 aromatic heterocycles. The van der Waals surface area contributed by atoms with Gasteiger partial charge in [0.15, 0.2) is 5.82 Å². The molecule has 0 saturated heterocycles. The molecular weight excluding hydrogens is 647 g/mol. The third kappa shape index (κ3) is 5.97. The Morgan fingerprint density at radius 1 is 1.02 bits per heavy atom. The number of methoxy groups -OCH3 is 1. The lowest BCUT2D eigenvalue weighted by Crippen LogP contribution is -2.42. The maximum atomic E-state index is 16.1. The first kappa shape index (κ1) is 31.6. The van der Waals surface area contributed by atoms with Crippen LogP contribution >= 0.6 is 11.6 Å². The second-order valence-electron chi connectivity index (χ2n) is 12.1. The van der Waals surface area contributed by atoms with Crippen molar-refractivity contribution in [1.82, 2.24) is 25.4 Å². The summed E-state index contributed by atoms with van der Waals surface area (Å²) in [7, 11) is 1.48. The van der Waals surface area contributed by atoms with Crippen LogP contribution in [0.5, 0.6) is 5.75 Å². The van der Waals surface area contributed by atoms with Gasteiger partial charge < -0.3 is 20.5 Å². The zero-order valence-electron chi connectivity index (χ0n) is 25.6. The van der Waals surface area contributed by atoms with Gasteiger partial charge in [0.05, 0.1) is 36.0 Å². The topological polar surface area (TPSA) is 118 Å². The summed E-state index contributed by atoms with van der Waals surface area (Å²) in [5, 5.41) is 22.6. The lowest BCUT2D eigenvalue weighted by Gasteiger charge is -2.30. The summed E-state index contributed by atoms with van der Waals surface area (Å²) < 4.78 is 52.6. The van der Waals surface area contributed by atoms with E-state index < -0.39 is 63.3 Å². The summed E-state index contributed by atoms with van der Waals surface area (Å²) in [5.41, 5.74) is -3.08. The molecule has 9 nitrogen and oxygen atoms in total. The van der Waals surface area contributed by atoms with E-state index >= 15 is 8.78 Å². The summed E-state index contributed by atoms with van der Waals surface area (Å²) >= 11 is 5.93. The first-order chi connectivity index (χ1) is 23.0. The number of rotatable bonds is 10. The van der Waals surface area contributed by atoms with Crippen LogP contribution in [0, 0.1) is 17.5 Å². The Hall–Kier alpha value is -4.94. The van der Waals surface area contributed by atoms with E-state index in [0.717, 1.165) is 25.0 Å². The second kappa shape index (κ2) is 12.3. The Labute approximate surface area is 277 Å². The second-order valence-corrected chi connectivity index (χ2v) is 12.5. The van der Waals surface area contributed by atoms with Gasteiger partial charge in [-0.15, -0.1) is 0 Å². The minimum absolute atomic E-state index is 0.160. The van der Waals surface area contributed by atoms with E-state index in [-0.39, 0.29) is 22.9 Å². The van der Waals surface area contributed by atoms with Crippen LogP contribution in [0.25, 0.3) is 22.2 Å². The summed E-state index contributed by atoms with van der Waals surface area (Å²) in [6.07, 6.45) is 5.31. The molecule has 0 radical (unpaired) electrons. The average Bonchev–Trinajstić information content (AvgIpc) is 4.03. The molecule has 2 amide bonds. The molecule has 2 saturated carbocycles. The SMILES string of the molecule is COc1cc(C(=O)NC[C@@](O)(c2ccccc2)c2cc(C(=O)NC3CC3)c(F)c(-c3cc(Cl)c(F)cc3F)n2)cc2cn(C3CC3)nc12. The van der Waals surface area contributed by atoms with E-state index in [1.807, 2.05) is 10.9 Å². The number of ether oxygens (including phenoxy) is 1. The highest BCUT2D eigenvalue weighted by Crippen LogP contribution is 2.38. The fraction of sp³-hybridized carbons (Fsp3) is 0.257. The molecule has 0 unspecified atom stereocenters. The summed E-state index contributed by atoms with van der Waals surface area (Å²) in [4.78, 5) is 31.2. The summed E-state index contributed by atoms with van der Waals surface area (Å²) in [6.45, 7) is -0.494. The number of halogens is 4. The van der Waals surface area contributed by atoms with E-state index in [2.05, 4.69) is 20.7 Å². The molecule has 2 heterocycles. The van der Waals surface area contributed by atoms with Gasteiger partial charge in [-0.25, -0.2) is 18.2 Å². The number of aliphatic hydroxyl groups is 1. The van der Waals surface area contributed by atoms with Crippen molar-refractivity contribution in [3.05, 3.63) is 112 Å². The van der Waals surface area contributed by atoms with Gasteiger partial charge in [0.25, 0.3) is 11.8 Å². The summed E-state index contributed by atoms with van der Waals surface area (Å²) in [5.74, 6) is -4.43. The molecule has 5 aromatic rings. The molecule has 48 heavy (non-hydrogen) atoms. The molecule has 3 aromatic carbocycles. The number of aromatic nitrogens is 3. The molecule has 7 rings (SSSR count). The monoisotopic (exact) mass is 675 g/mol. The lowest BCUT2D eigenvalue weighted by molar-refractivity contribution is 0.0664. The van der Waals surface area contributed by atoms with Gasteiger partial charge in [-0.2, -0.15) is 5.10 Å². The predicted molar refractivity (Wildman–Crippen MR) is 171 cm³/mol. The van der Waals surface area contributed by atoms with Crippen molar-refractivity contribution in [2.75, 3.05) is 13.7 Å². The normalized spacial score (nSPS) is 15.6. The Morgan fingerprint density at radius 2 is 1.77 bits per heavy atom. The quantitative estimate of drug-likeness (QED) is 0.155. The third-order valence-corrected chi connectivity index (χ3v) is 8.84. The van der Waals surface area contributed by atoms with Gasteiger partial charge in [-0.1, -0.05) is 41.9 Å². The van der Waals surface area contributed by atoms with Crippen molar-refractivity contribution >= 4 is 34.3 Å². The number of nitrogens with one attached hydrogen (secondary N) is 2. The van der Waals surface area contributed by atoms with E-state index in [9.17, 15) is 19.1 Å². The van der Waals surface area contributed by atoms with Gasteiger partial charge in [-0.3, -0.25) is 14.3 Å². The number of carbonyl (C=O) groups is 2. The van der Waals surface area contributed by atoms with Crippen molar-refractivity contribution in [3.8, 4) is 17.0 Å². The minimum Gasteiger partial charge on any atom is -0.494 e. The van der Waals surface area contributed by atoms with Crippen LogP contribution in [-0.2, 0) is 5.60 Å². The first-order valence-electron chi connectivity index (χ1n) is 15.4. The fourth-order valence-corrected chi connectivity index (χ4v) is 5.74. The largest absolute Gasteiger partial charge is 0.494 e. The Kier molecular flexibility index (Phi) is 8.08. The van der Waals surface area contributed by atoms with Crippen LogP contribution in [0.1, 0.15) is 63.7 Å². The highest BCUT2D eigenvalue weighted by Gasteiger charge is 2.37. The van der Waals surface area contributed by atoms with Gasteiger partial charge in [0, 0.05) is 34.8 Å². The van der Waals surface area contributed by atoms with Crippen LogP contribution < -0.4 is 15.4 Å². The molecule has 0 spiro atoms. The molecular formula is C35H29ClF3N5O4. The minimum atomic E-state index is -2.17. The predicted octanol–water partition coefficient (Wildman–Crippen LogP) is 6.07. The zero-order valence-corrected chi connectivity index (χ0v) is 26.3. The number of amides is 2. The molecule has 2 aliphatic carbocycles. The van der Waals surface area contributed by atoms with Gasteiger partial charge in [0.1, 0.15) is 34.2 Å². The van der Waals surface area contributed by atoms with Gasteiger partial charge in [0.2, 0.25) is 0 Å². The summed E-state index contributed by atoms with van der Waals surface area (Å²) in [6, 6.07) is 13.9. The Bertz CT molecular complexity index is 2080. The van der Waals surface area contributed by atoms with Crippen molar-refractivity contribution < 1.29 is 32.6 Å². The van der Waals surface area contributed by atoms with Gasteiger partial charge in [-0.05, 0) is 55.5 Å². The van der Waals surface area contributed by atoms with Gasteiger partial charge >= 0.3 is 0 Å². The Morgan fingerprint density at radius 3 is 2.46 bits per heavy atom. The lowest BCUT2D eigenvalue weighted by atomic mass is 9.88. The van der Waals surface area contributed by atoms with Crippen molar-refractivity contribution in [2.24, 2.45) is 0 Å². The van der Waals surface area contributed by atoms with E-state index in [1.165, 1.54) is 7.11 Å². The van der Waals surface area contributed by atoms with Crippen molar-refractivity contribution in [1.29, 1.82) is 0 Å². The molecule has 2 aliphatic rings. The number of benzene rings is 3. The van der Waals surface area contributed by atoms with Crippen LogP contribution in [0.4, 0.5) is 13.2 Å². The number of carbonyl (C=O) groups excluding carboxylic acids is 2. The maximum absolute atomic E-state index is 16.1. The molecule has 1 atom stereocenters. The molecule has 3 N–H and O–H groups in total. The number of hydrogen-bond acceptors (Lipinski definition) is 6. The number of nitrogens with zero attached hydrogens (tertiary/aromatic N) is 3. The van der Waals surface area contributed by atoms with Crippen LogP contribution in [0.15, 0.2) is 66.9 Å². The van der Waals surface area contributed by atoms with Crippen molar-refractivity contribution in [3.63, 3.8) is 0 Å². The fourth-order valence-electron chi connectivity index (χ4n) is 5.58. The Balaban J connectivity index is 1.31. The number of pyridine rings is 1.